The summed E-state index contributed by atoms with van der Waals surface area (Å²) in [4.78, 5) is 34.8. The van der Waals surface area contributed by atoms with Gasteiger partial charge in [-0.25, -0.2) is 4.79 Å². The molecule has 1 unspecified atom stereocenters. The number of methoxy groups -OCH3 is 1. The van der Waals surface area contributed by atoms with Gasteiger partial charge in [0.2, 0.25) is 0 Å². The van der Waals surface area contributed by atoms with Gasteiger partial charge in [0.25, 0.3) is 0 Å². The Labute approximate surface area is 128 Å². The van der Waals surface area contributed by atoms with E-state index >= 15 is 0 Å². The molecule has 0 saturated heterocycles. The van der Waals surface area contributed by atoms with E-state index in [1.807, 2.05) is 0 Å². The van der Waals surface area contributed by atoms with Crippen molar-refractivity contribution in [2.24, 2.45) is 5.92 Å². The predicted molar refractivity (Wildman–Crippen MR) is 78.0 cm³/mol. The summed E-state index contributed by atoms with van der Waals surface area (Å²) in [6, 6.07) is 8.45. The van der Waals surface area contributed by atoms with Crippen LogP contribution in [-0.2, 0) is 23.9 Å². The molecule has 6 nitrogen and oxygen atoms in total. The van der Waals surface area contributed by atoms with E-state index in [0.717, 1.165) is 0 Å². The van der Waals surface area contributed by atoms with E-state index in [-0.39, 0.29) is 18.6 Å². The second-order valence-electron chi connectivity index (χ2n) is 4.59. The summed E-state index contributed by atoms with van der Waals surface area (Å²) in [7, 11) is 1.19. The molecule has 1 aromatic carbocycles. The number of hydrogen-bond donors (Lipinski definition) is 0. The first-order valence-electron chi connectivity index (χ1n) is 6.60. The second kappa shape index (κ2) is 8.61. The van der Waals surface area contributed by atoms with Crippen molar-refractivity contribution in [3.05, 3.63) is 42.5 Å². The second-order valence-corrected chi connectivity index (χ2v) is 4.59. The summed E-state index contributed by atoms with van der Waals surface area (Å²) in [6.45, 7) is 4.64. The molecule has 22 heavy (non-hydrogen) atoms. The van der Waals surface area contributed by atoms with Crippen molar-refractivity contribution in [3.63, 3.8) is 0 Å². The number of hydrogen-bond acceptors (Lipinski definition) is 6. The van der Waals surface area contributed by atoms with E-state index in [4.69, 9.17) is 9.47 Å². The van der Waals surface area contributed by atoms with Crippen LogP contribution in [0.15, 0.2) is 42.5 Å². The Morgan fingerprint density at radius 3 is 2.36 bits per heavy atom. The Kier molecular flexibility index (Phi) is 6.82. The Balaban J connectivity index is 2.60. The van der Waals surface area contributed by atoms with Crippen molar-refractivity contribution in [3.8, 4) is 5.75 Å². The molecular formula is C16H18O6. The molecule has 0 aliphatic carbocycles. The van der Waals surface area contributed by atoms with E-state index in [1.165, 1.54) is 14.0 Å². The van der Waals surface area contributed by atoms with Gasteiger partial charge in [0.05, 0.1) is 13.5 Å². The monoisotopic (exact) mass is 306 g/mol. The molecule has 0 saturated carbocycles. The number of ether oxygens (including phenoxy) is 3. The minimum absolute atomic E-state index is 0.204. The zero-order chi connectivity index (χ0) is 16.5. The fourth-order valence-corrected chi connectivity index (χ4v) is 1.54. The normalized spacial score (nSPS) is 11.2. The van der Waals surface area contributed by atoms with Crippen LogP contribution < -0.4 is 4.74 Å². The lowest BCUT2D eigenvalue weighted by Crippen LogP contribution is -2.27. The minimum Gasteiger partial charge on any atom is -0.469 e. The lowest BCUT2D eigenvalue weighted by molar-refractivity contribution is -0.155. The standard InChI is InChI=1S/C16H18O6/c1-11(2)15(18)21-10-12(16(19)20-3)9-14(17)22-13-7-5-4-6-8-13/h4-8,12H,1,9-10H2,2-3H3. The van der Waals surface area contributed by atoms with Crippen molar-refractivity contribution in [1.29, 1.82) is 0 Å². The molecular weight excluding hydrogens is 288 g/mol. The van der Waals surface area contributed by atoms with Crippen LogP contribution in [0.4, 0.5) is 0 Å². The average Bonchev–Trinajstić information content (AvgIpc) is 2.51. The molecule has 6 heteroatoms. The molecule has 0 aromatic heterocycles. The maximum atomic E-state index is 11.8. The highest BCUT2D eigenvalue weighted by Gasteiger charge is 2.25. The lowest BCUT2D eigenvalue weighted by Gasteiger charge is -2.14. The van der Waals surface area contributed by atoms with Gasteiger partial charge in [-0.3, -0.25) is 9.59 Å². The molecule has 0 N–H and O–H groups in total. The van der Waals surface area contributed by atoms with Crippen LogP contribution in [0.1, 0.15) is 13.3 Å². The van der Waals surface area contributed by atoms with Gasteiger partial charge in [0.15, 0.2) is 0 Å². The number of benzene rings is 1. The zero-order valence-electron chi connectivity index (χ0n) is 12.5. The molecule has 0 spiro atoms. The number of esters is 3. The lowest BCUT2D eigenvalue weighted by atomic mass is 10.1. The molecule has 118 valence electrons. The Hall–Kier alpha value is -2.63. The van der Waals surface area contributed by atoms with Gasteiger partial charge in [0.1, 0.15) is 18.3 Å². The van der Waals surface area contributed by atoms with Crippen molar-refractivity contribution in [2.45, 2.75) is 13.3 Å². The molecule has 0 aliphatic heterocycles. The van der Waals surface area contributed by atoms with Gasteiger partial charge in [-0.15, -0.1) is 0 Å². The van der Waals surface area contributed by atoms with E-state index in [9.17, 15) is 14.4 Å². The van der Waals surface area contributed by atoms with Crippen LogP contribution in [0.3, 0.4) is 0 Å². The van der Waals surface area contributed by atoms with Crippen LogP contribution in [0.25, 0.3) is 0 Å². The van der Waals surface area contributed by atoms with Crippen LogP contribution in [-0.4, -0.2) is 31.6 Å². The maximum Gasteiger partial charge on any atom is 0.333 e. The molecule has 1 rings (SSSR count). The molecule has 0 aliphatic rings. The molecule has 0 fully saturated rings. The molecule has 0 bridgehead atoms. The fraction of sp³-hybridized carbons (Fsp3) is 0.312. The molecule has 0 heterocycles. The van der Waals surface area contributed by atoms with Crippen molar-refractivity contribution in [1.82, 2.24) is 0 Å². The largest absolute Gasteiger partial charge is 0.469 e. The SMILES string of the molecule is C=C(C)C(=O)OCC(CC(=O)Oc1ccccc1)C(=O)OC. The molecule has 1 aromatic rings. The van der Waals surface area contributed by atoms with E-state index < -0.39 is 23.8 Å². The zero-order valence-corrected chi connectivity index (χ0v) is 12.5. The van der Waals surface area contributed by atoms with Crippen LogP contribution in [0.2, 0.25) is 0 Å². The van der Waals surface area contributed by atoms with Crippen LogP contribution >= 0.6 is 0 Å². The van der Waals surface area contributed by atoms with Crippen molar-refractivity contribution >= 4 is 17.9 Å². The molecule has 0 amide bonds. The average molecular weight is 306 g/mol. The first-order chi connectivity index (χ1) is 10.4. The third-order valence-electron chi connectivity index (χ3n) is 2.69. The molecule has 0 radical (unpaired) electrons. The van der Waals surface area contributed by atoms with Gasteiger partial charge in [-0.2, -0.15) is 0 Å². The van der Waals surface area contributed by atoms with Crippen LogP contribution in [0, 0.1) is 5.92 Å². The highest BCUT2D eigenvalue weighted by Crippen LogP contribution is 2.13. The maximum absolute atomic E-state index is 11.8. The van der Waals surface area contributed by atoms with Gasteiger partial charge in [-0.1, -0.05) is 24.8 Å². The van der Waals surface area contributed by atoms with E-state index in [2.05, 4.69) is 11.3 Å². The summed E-state index contributed by atoms with van der Waals surface area (Å²) in [5.41, 5.74) is 0.204. The summed E-state index contributed by atoms with van der Waals surface area (Å²) in [6.07, 6.45) is -0.259. The van der Waals surface area contributed by atoms with Gasteiger partial charge < -0.3 is 14.2 Å². The number of carbonyl (C=O) groups is 3. The third kappa shape index (κ3) is 5.78. The fourth-order valence-electron chi connectivity index (χ4n) is 1.54. The number of rotatable bonds is 7. The minimum atomic E-state index is -0.926. The smallest absolute Gasteiger partial charge is 0.333 e. The quantitative estimate of drug-likeness (QED) is 0.435. The topological polar surface area (TPSA) is 78.9 Å². The summed E-state index contributed by atoms with van der Waals surface area (Å²) in [5, 5.41) is 0. The van der Waals surface area contributed by atoms with Gasteiger partial charge >= 0.3 is 17.9 Å². The Morgan fingerprint density at radius 1 is 1.18 bits per heavy atom. The highest BCUT2D eigenvalue weighted by molar-refractivity contribution is 5.87. The molecule has 1 atom stereocenters. The highest BCUT2D eigenvalue weighted by atomic mass is 16.6. The van der Waals surface area contributed by atoms with E-state index in [1.54, 1.807) is 30.3 Å². The Morgan fingerprint density at radius 2 is 1.82 bits per heavy atom. The number of para-hydroxylation sites is 1. The first-order valence-corrected chi connectivity index (χ1v) is 6.60. The van der Waals surface area contributed by atoms with Crippen molar-refractivity contribution < 1.29 is 28.6 Å². The van der Waals surface area contributed by atoms with Crippen LogP contribution in [0.5, 0.6) is 5.75 Å². The number of carbonyl (C=O) groups excluding carboxylic acids is 3. The van der Waals surface area contributed by atoms with Gasteiger partial charge in [0, 0.05) is 5.57 Å². The predicted octanol–water partition coefficient (Wildman–Crippen LogP) is 1.89. The summed E-state index contributed by atoms with van der Waals surface area (Å²) in [5.74, 6) is -2.46. The van der Waals surface area contributed by atoms with Crippen molar-refractivity contribution in [2.75, 3.05) is 13.7 Å². The summed E-state index contributed by atoms with van der Waals surface area (Å²) < 4.78 is 14.6. The van der Waals surface area contributed by atoms with E-state index in [0.29, 0.717) is 5.75 Å². The summed E-state index contributed by atoms with van der Waals surface area (Å²) >= 11 is 0. The first kappa shape index (κ1) is 17.4. The third-order valence-corrected chi connectivity index (χ3v) is 2.69. The Bertz CT molecular complexity index is 549. The van der Waals surface area contributed by atoms with Gasteiger partial charge in [-0.05, 0) is 19.1 Å².